The molecular formula is C25H27N5O3. The van der Waals surface area contributed by atoms with Gasteiger partial charge in [0.05, 0.1) is 32.0 Å². The van der Waals surface area contributed by atoms with Gasteiger partial charge in [0.15, 0.2) is 0 Å². The minimum absolute atomic E-state index is 0.0656. The topological polar surface area (TPSA) is 88.6 Å². The standard InChI is InChI=1S/C25H27N5O3/c1-32-19-11-18(12-20(13-19)33-2)27-25-26-14-17-10-23(31)28-22-6-5-16(9-21(22)24(17)29-25)15-30-7-3-4-8-30/h5-6,9,11-14H,3-4,7-8,10,15H2,1-2H3,(H,28,31)(H,26,27,29). The molecular weight excluding hydrogens is 418 g/mol. The van der Waals surface area contributed by atoms with Gasteiger partial charge in [-0.15, -0.1) is 0 Å². The van der Waals surface area contributed by atoms with Gasteiger partial charge in [-0.05, 0) is 43.6 Å². The second kappa shape index (κ2) is 9.07. The SMILES string of the molecule is COc1cc(Nc2ncc3c(n2)-c2cc(CN4CCCC4)ccc2NC(=O)C3)cc(OC)c1. The maximum atomic E-state index is 12.5. The number of methoxy groups -OCH3 is 2. The minimum Gasteiger partial charge on any atom is -0.497 e. The Kier molecular flexibility index (Phi) is 5.83. The molecule has 0 bridgehead atoms. The number of carbonyl (C=O) groups is 1. The third kappa shape index (κ3) is 4.61. The van der Waals surface area contributed by atoms with Crippen molar-refractivity contribution < 1.29 is 14.3 Å². The summed E-state index contributed by atoms with van der Waals surface area (Å²) in [6.45, 7) is 3.16. The van der Waals surface area contributed by atoms with Gasteiger partial charge in [-0.25, -0.2) is 9.97 Å². The third-order valence-corrected chi connectivity index (χ3v) is 6.04. The number of ether oxygens (including phenoxy) is 2. The first-order chi connectivity index (χ1) is 16.1. The van der Waals surface area contributed by atoms with E-state index in [2.05, 4.69) is 32.7 Å². The van der Waals surface area contributed by atoms with Gasteiger partial charge in [0.2, 0.25) is 11.9 Å². The molecule has 0 saturated carbocycles. The molecule has 0 radical (unpaired) electrons. The van der Waals surface area contributed by atoms with Gasteiger partial charge >= 0.3 is 0 Å². The first-order valence-corrected chi connectivity index (χ1v) is 11.1. The van der Waals surface area contributed by atoms with Crippen LogP contribution in [0.25, 0.3) is 11.3 Å². The van der Waals surface area contributed by atoms with E-state index in [1.165, 1.54) is 18.4 Å². The number of fused-ring (bicyclic) bond motifs is 3. The summed E-state index contributed by atoms with van der Waals surface area (Å²) in [6, 6.07) is 11.7. The highest BCUT2D eigenvalue weighted by molar-refractivity contribution is 6.00. The zero-order chi connectivity index (χ0) is 22.8. The fourth-order valence-corrected chi connectivity index (χ4v) is 4.40. The van der Waals surface area contributed by atoms with E-state index in [4.69, 9.17) is 14.5 Å². The van der Waals surface area contributed by atoms with Crippen molar-refractivity contribution in [3.63, 3.8) is 0 Å². The van der Waals surface area contributed by atoms with Crippen molar-refractivity contribution in [2.45, 2.75) is 25.8 Å². The molecule has 1 aromatic heterocycles. The molecule has 0 unspecified atom stereocenters. The molecule has 33 heavy (non-hydrogen) atoms. The van der Waals surface area contributed by atoms with Crippen LogP contribution in [-0.4, -0.2) is 48.1 Å². The van der Waals surface area contributed by atoms with Crippen LogP contribution in [0.5, 0.6) is 11.5 Å². The normalized spacial score (nSPS) is 15.3. The van der Waals surface area contributed by atoms with Crippen LogP contribution in [0.2, 0.25) is 0 Å². The van der Waals surface area contributed by atoms with E-state index >= 15 is 0 Å². The number of carbonyl (C=O) groups excluding carboxylic acids is 1. The largest absolute Gasteiger partial charge is 0.497 e. The lowest BCUT2D eigenvalue weighted by molar-refractivity contribution is -0.115. The van der Waals surface area contributed by atoms with Gasteiger partial charge in [0.1, 0.15) is 11.5 Å². The van der Waals surface area contributed by atoms with E-state index in [1.54, 1.807) is 26.5 Å². The number of hydrogen-bond donors (Lipinski definition) is 2. The molecule has 2 aliphatic rings. The number of nitrogens with zero attached hydrogens (tertiary/aromatic N) is 3. The third-order valence-electron chi connectivity index (χ3n) is 6.04. The molecule has 2 aromatic carbocycles. The molecule has 2 aliphatic heterocycles. The van der Waals surface area contributed by atoms with E-state index in [1.807, 2.05) is 18.2 Å². The van der Waals surface area contributed by atoms with Crippen LogP contribution in [0.1, 0.15) is 24.0 Å². The van der Waals surface area contributed by atoms with Crippen molar-refractivity contribution in [3.05, 3.63) is 53.7 Å². The highest BCUT2D eigenvalue weighted by Gasteiger charge is 2.22. The van der Waals surface area contributed by atoms with E-state index < -0.39 is 0 Å². The summed E-state index contributed by atoms with van der Waals surface area (Å²) in [4.78, 5) is 24.2. The maximum absolute atomic E-state index is 12.5. The molecule has 2 N–H and O–H groups in total. The molecule has 170 valence electrons. The average molecular weight is 446 g/mol. The van der Waals surface area contributed by atoms with E-state index in [0.717, 1.165) is 47.8 Å². The summed E-state index contributed by atoms with van der Waals surface area (Å²) in [7, 11) is 3.22. The summed E-state index contributed by atoms with van der Waals surface area (Å²) < 4.78 is 10.7. The van der Waals surface area contributed by atoms with Crippen LogP contribution in [0.4, 0.5) is 17.3 Å². The molecule has 0 aliphatic carbocycles. The van der Waals surface area contributed by atoms with Gasteiger partial charge in [-0.3, -0.25) is 9.69 Å². The Morgan fingerprint density at radius 3 is 2.55 bits per heavy atom. The predicted octanol–water partition coefficient (Wildman–Crippen LogP) is 3.99. The number of rotatable bonds is 6. The van der Waals surface area contributed by atoms with Crippen molar-refractivity contribution in [2.75, 3.05) is 37.9 Å². The van der Waals surface area contributed by atoms with Crippen molar-refractivity contribution in [3.8, 4) is 22.8 Å². The molecule has 0 spiro atoms. The van der Waals surface area contributed by atoms with Gasteiger partial charge in [0.25, 0.3) is 0 Å². The summed E-state index contributed by atoms with van der Waals surface area (Å²) in [5.41, 5.74) is 5.22. The molecule has 8 nitrogen and oxygen atoms in total. The van der Waals surface area contributed by atoms with Gasteiger partial charge < -0.3 is 20.1 Å². The molecule has 3 heterocycles. The Labute approximate surface area is 193 Å². The Morgan fingerprint density at radius 2 is 1.82 bits per heavy atom. The van der Waals surface area contributed by atoms with E-state index in [-0.39, 0.29) is 12.3 Å². The zero-order valence-corrected chi connectivity index (χ0v) is 18.9. The first kappa shape index (κ1) is 21.2. The van der Waals surface area contributed by atoms with Crippen LogP contribution in [0.3, 0.4) is 0 Å². The zero-order valence-electron chi connectivity index (χ0n) is 18.9. The highest BCUT2D eigenvalue weighted by Crippen LogP contribution is 2.35. The molecule has 1 amide bonds. The molecule has 0 atom stereocenters. The predicted molar refractivity (Wildman–Crippen MR) is 127 cm³/mol. The molecule has 1 saturated heterocycles. The second-order valence-corrected chi connectivity index (χ2v) is 8.38. The lowest BCUT2D eigenvalue weighted by Crippen LogP contribution is -2.18. The van der Waals surface area contributed by atoms with Gasteiger partial charge in [0, 0.05) is 47.8 Å². The summed E-state index contributed by atoms with van der Waals surface area (Å²) in [6.07, 6.45) is 4.46. The van der Waals surface area contributed by atoms with Crippen LogP contribution >= 0.6 is 0 Å². The first-order valence-electron chi connectivity index (χ1n) is 11.1. The van der Waals surface area contributed by atoms with Crippen molar-refractivity contribution in [1.29, 1.82) is 0 Å². The van der Waals surface area contributed by atoms with Gasteiger partial charge in [-0.2, -0.15) is 0 Å². The average Bonchev–Trinajstić information content (AvgIpc) is 3.29. The van der Waals surface area contributed by atoms with Crippen molar-refractivity contribution >= 4 is 23.2 Å². The van der Waals surface area contributed by atoms with Crippen LogP contribution in [0, 0.1) is 0 Å². The molecule has 8 heteroatoms. The quantitative estimate of drug-likeness (QED) is 0.593. The molecule has 5 rings (SSSR count). The highest BCUT2D eigenvalue weighted by atomic mass is 16.5. The monoisotopic (exact) mass is 445 g/mol. The number of anilines is 3. The number of aromatic nitrogens is 2. The summed E-state index contributed by atoms with van der Waals surface area (Å²) in [5.74, 6) is 1.70. The van der Waals surface area contributed by atoms with Crippen LogP contribution in [0.15, 0.2) is 42.6 Å². The van der Waals surface area contributed by atoms with Crippen molar-refractivity contribution in [1.82, 2.24) is 14.9 Å². The van der Waals surface area contributed by atoms with Crippen molar-refractivity contribution in [2.24, 2.45) is 0 Å². The Bertz CT molecular complexity index is 1170. The molecule has 3 aromatic rings. The Balaban J connectivity index is 1.51. The minimum atomic E-state index is -0.0656. The summed E-state index contributed by atoms with van der Waals surface area (Å²) >= 11 is 0. The Morgan fingerprint density at radius 1 is 1.06 bits per heavy atom. The van der Waals surface area contributed by atoms with E-state index in [0.29, 0.717) is 17.4 Å². The number of likely N-dealkylation sites (tertiary alicyclic amines) is 1. The fraction of sp³-hybridized carbons (Fsp3) is 0.320. The Hall–Kier alpha value is -3.65. The number of benzene rings is 2. The lowest BCUT2D eigenvalue weighted by Gasteiger charge is -2.17. The van der Waals surface area contributed by atoms with Crippen LogP contribution in [-0.2, 0) is 17.8 Å². The fourth-order valence-electron chi connectivity index (χ4n) is 4.40. The van der Waals surface area contributed by atoms with Crippen LogP contribution < -0.4 is 20.1 Å². The number of hydrogen-bond acceptors (Lipinski definition) is 7. The molecule has 1 fully saturated rings. The van der Waals surface area contributed by atoms with Gasteiger partial charge in [-0.1, -0.05) is 6.07 Å². The lowest BCUT2D eigenvalue weighted by atomic mass is 10.0. The van der Waals surface area contributed by atoms with E-state index in [9.17, 15) is 4.79 Å². The smallest absolute Gasteiger partial charge is 0.228 e. The number of amides is 1. The summed E-state index contributed by atoms with van der Waals surface area (Å²) in [5, 5.41) is 6.26. The number of nitrogens with one attached hydrogen (secondary N) is 2. The maximum Gasteiger partial charge on any atom is 0.228 e. The second-order valence-electron chi connectivity index (χ2n) is 8.38.